The molecule has 3 saturated heterocycles. The van der Waals surface area contributed by atoms with E-state index in [1.807, 2.05) is 18.4 Å². The minimum absolute atomic E-state index is 0.230. The number of hydrogen-bond acceptors (Lipinski definition) is 6. The number of hydrogen-bond donors (Lipinski definition) is 2. The number of thiophene rings is 1. The van der Waals surface area contributed by atoms with Gasteiger partial charge in [0.1, 0.15) is 0 Å². The zero-order valence-corrected chi connectivity index (χ0v) is 19.2. The van der Waals surface area contributed by atoms with Gasteiger partial charge in [-0.05, 0) is 49.6 Å². The van der Waals surface area contributed by atoms with Crippen molar-refractivity contribution in [3.63, 3.8) is 0 Å². The van der Waals surface area contributed by atoms with E-state index in [4.69, 9.17) is 4.74 Å². The highest BCUT2D eigenvalue weighted by molar-refractivity contribution is 7.99. The van der Waals surface area contributed by atoms with Gasteiger partial charge in [-0.1, -0.05) is 6.07 Å². The Morgan fingerprint density at radius 1 is 1.24 bits per heavy atom. The summed E-state index contributed by atoms with van der Waals surface area (Å²) >= 11 is 3.95. The molecule has 2 atom stereocenters. The third-order valence-electron chi connectivity index (χ3n) is 6.49. The lowest BCUT2D eigenvalue weighted by molar-refractivity contribution is -0.0120. The lowest BCUT2D eigenvalue weighted by Crippen LogP contribution is -2.60. The minimum atomic E-state index is 0.230. The molecule has 4 heterocycles. The maximum absolute atomic E-state index is 5.59. The Morgan fingerprint density at radius 3 is 2.72 bits per heavy atom. The van der Waals surface area contributed by atoms with Crippen LogP contribution in [0, 0.1) is 0 Å². The topological polar surface area (TPSA) is 52.1 Å². The average molecular weight is 438 g/mol. The molecule has 0 bridgehead atoms. The Morgan fingerprint density at radius 2 is 2.07 bits per heavy atom. The Bertz CT molecular complexity index is 636. The zero-order chi connectivity index (χ0) is 19.9. The van der Waals surface area contributed by atoms with Crippen LogP contribution in [-0.4, -0.2) is 92.3 Å². The third kappa shape index (κ3) is 5.28. The minimum Gasteiger partial charge on any atom is -0.379 e. The van der Waals surface area contributed by atoms with Crippen molar-refractivity contribution in [1.82, 2.24) is 20.4 Å². The monoisotopic (exact) mass is 437 g/mol. The normalized spacial score (nSPS) is 28.0. The van der Waals surface area contributed by atoms with E-state index < -0.39 is 0 Å². The van der Waals surface area contributed by atoms with Gasteiger partial charge in [-0.3, -0.25) is 14.8 Å². The fraction of sp³-hybridized carbons (Fsp3) is 0.762. The predicted octanol–water partition coefficient (Wildman–Crippen LogP) is 2.26. The Hall–Kier alpha value is -0.800. The molecule has 4 rings (SSSR count). The fourth-order valence-electron chi connectivity index (χ4n) is 4.74. The molecule has 2 N–H and O–H groups in total. The van der Waals surface area contributed by atoms with E-state index in [1.165, 1.54) is 48.7 Å². The summed E-state index contributed by atoms with van der Waals surface area (Å²) in [6, 6.07) is 4.88. The summed E-state index contributed by atoms with van der Waals surface area (Å²) in [6.45, 7) is 8.07. The second kappa shape index (κ2) is 10.5. The van der Waals surface area contributed by atoms with Crippen LogP contribution in [0.15, 0.2) is 22.5 Å². The van der Waals surface area contributed by atoms with Crippen LogP contribution in [-0.2, 0) is 4.74 Å². The molecule has 6 nitrogen and oxygen atoms in total. The van der Waals surface area contributed by atoms with Gasteiger partial charge < -0.3 is 15.4 Å². The van der Waals surface area contributed by atoms with Crippen molar-refractivity contribution in [2.45, 2.75) is 30.8 Å². The van der Waals surface area contributed by atoms with E-state index in [1.54, 1.807) is 0 Å². The summed E-state index contributed by atoms with van der Waals surface area (Å²) in [6.07, 6.45) is 3.87. The highest BCUT2D eigenvalue weighted by atomic mass is 32.2. The van der Waals surface area contributed by atoms with Gasteiger partial charge in [0.25, 0.3) is 0 Å². The van der Waals surface area contributed by atoms with Crippen molar-refractivity contribution < 1.29 is 4.74 Å². The first-order valence-electron chi connectivity index (χ1n) is 10.9. The summed E-state index contributed by atoms with van der Waals surface area (Å²) in [7, 11) is 1.89. The van der Waals surface area contributed by atoms with Gasteiger partial charge in [-0.2, -0.15) is 11.8 Å². The molecule has 0 spiro atoms. The molecule has 3 aliphatic heterocycles. The molecule has 0 aromatic carbocycles. The molecule has 0 radical (unpaired) electrons. The molecule has 2 unspecified atom stereocenters. The molecular weight excluding hydrogens is 402 g/mol. The van der Waals surface area contributed by atoms with Gasteiger partial charge in [0.15, 0.2) is 5.96 Å². The van der Waals surface area contributed by atoms with Crippen molar-refractivity contribution in [2.75, 3.05) is 71.0 Å². The van der Waals surface area contributed by atoms with E-state index in [0.717, 1.165) is 45.4 Å². The molecule has 8 heteroatoms. The number of nitrogens with zero attached hydrogens (tertiary/aromatic N) is 3. The summed E-state index contributed by atoms with van der Waals surface area (Å²) < 4.78 is 5.59. The Kier molecular flexibility index (Phi) is 7.75. The van der Waals surface area contributed by atoms with Crippen molar-refractivity contribution in [1.29, 1.82) is 0 Å². The van der Waals surface area contributed by atoms with E-state index in [9.17, 15) is 0 Å². The number of morpholine rings is 1. The maximum atomic E-state index is 5.59. The highest BCUT2D eigenvalue weighted by Crippen LogP contribution is 2.33. The molecule has 162 valence electrons. The van der Waals surface area contributed by atoms with Crippen LogP contribution < -0.4 is 10.6 Å². The lowest BCUT2D eigenvalue weighted by atomic mass is 9.95. The smallest absolute Gasteiger partial charge is 0.191 e. The largest absolute Gasteiger partial charge is 0.379 e. The van der Waals surface area contributed by atoms with Gasteiger partial charge in [-0.25, -0.2) is 0 Å². The first kappa shape index (κ1) is 21.4. The molecule has 1 aromatic heterocycles. The summed E-state index contributed by atoms with van der Waals surface area (Å²) in [5.74, 6) is 3.37. The molecule has 0 amide bonds. The van der Waals surface area contributed by atoms with Crippen LogP contribution in [0.4, 0.5) is 0 Å². The van der Waals surface area contributed by atoms with E-state index in [2.05, 4.69) is 54.7 Å². The van der Waals surface area contributed by atoms with Gasteiger partial charge >= 0.3 is 0 Å². The standard InChI is InChI=1S/C21H35N5OS2/c1-22-20(23-15-18(19-5-4-13-29-19)25-7-2-3-8-25)24-16-21(6-14-28-17-21)26-9-11-27-12-10-26/h4-5,13,18H,2-3,6-12,14-17H2,1H3,(H2,22,23,24). The summed E-state index contributed by atoms with van der Waals surface area (Å²) in [5.41, 5.74) is 0.230. The molecule has 3 fully saturated rings. The molecular formula is C21H35N5OS2. The number of guanidine groups is 1. The van der Waals surface area contributed by atoms with E-state index in [0.29, 0.717) is 6.04 Å². The Labute approximate surface area is 183 Å². The van der Waals surface area contributed by atoms with Crippen LogP contribution >= 0.6 is 23.1 Å². The molecule has 0 aliphatic carbocycles. The average Bonchev–Trinajstić information content (AvgIpc) is 3.55. The SMILES string of the molecule is CN=C(NCC(c1cccs1)N1CCCC1)NCC1(N2CCOCC2)CCSC1. The maximum Gasteiger partial charge on any atom is 0.191 e. The van der Waals surface area contributed by atoms with Crippen LogP contribution in [0.3, 0.4) is 0 Å². The second-order valence-electron chi connectivity index (χ2n) is 8.21. The lowest BCUT2D eigenvalue weighted by Gasteiger charge is -2.43. The first-order chi connectivity index (χ1) is 14.3. The van der Waals surface area contributed by atoms with E-state index >= 15 is 0 Å². The Balaban J connectivity index is 1.34. The number of nitrogens with one attached hydrogen (secondary N) is 2. The van der Waals surface area contributed by atoms with Crippen molar-refractivity contribution in [3.8, 4) is 0 Å². The van der Waals surface area contributed by atoms with E-state index in [-0.39, 0.29) is 5.54 Å². The number of rotatable bonds is 7. The van der Waals surface area contributed by atoms with Crippen LogP contribution in [0.25, 0.3) is 0 Å². The predicted molar refractivity (Wildman–Crippen MR) is 124 cm³/mol. The fourth-order valence-corrected chi connectivity index (χ4v) is 7.08. The van der Waals surface area contributed by atoms with Gasteiger partial charge in [0, 0.05) is 49.4 Å². The molecule has 29 heavy (non-hydrogen) atoms. The van der Waals surface area contributed by atoms with Gasteiger partial charge in [0.2, 0.25) is 0 Å². The van der Waals surface area contributed by atoms with Crippen LogP contribution in [0.5, 0.6) is 0 Å². The summed E-state index contributed by atoms with van der Waals surface area (Å²) in [5, 5.41) is 9.49. The van der Waals surface area contributed by atoms with Crippen molar-refractivity contribution in [2.24, 2.45) is 4.99 Å². The van der Waals surface area contributed by atoms with Gasteiger partial charge in [-0.15, -0.1) is 11.3 Å². The van der Waals surface area contributed by atoms with Crippen molar-refractivity contribution in [3.05, 3.63) is 22.4 Å². The molecule has 0 saturated carbocycles. The summed E-state index contributed by atoms with van der Waals surface area (Å²) in [4.78, 5) is 11.3. The van der Waals surface area contributed by atoms with Crippen LogP contribution in [0.1, 0.15) is 30.2 Å². The molecule has 1 aromatic rings. The van der Waals surface area contributed by atoms with Gasteiger partial charge in [0.05, 0.1) is 19.3 Å². The molecule has 3 aliphatic rings. The number of likely N-dealkylation sites (tertiary alicyclic amines) is 1. The second-order valence-corrected chi connectivity index (χ2v) is 10.3. The number of ether oxygens (including phenoxy) is 1. The third-order valence-corrected chi connectivity index (χ3v) is 8.70. The number of thioether (sulfide) groups is 1. The highest BCUT2D eigenvalue weighted by Gasteiger charge is 2.40. The van der Waals surface area contributed by atoms with Crippen molar-refractivity contribution >= 4 is 29.1 Å². The number of aliphatic imine (C=N–C) groups is 1. The first-order valence-corrected chi connectivity index (χ1v) is 13.0. The zero-order valence-electron chi connectivity index (χ0n) is 17.6. The van der Waals surface area contributed by atoms with Crippen LogP contribution in [0.2, 0.25) is 0 Å². The quantitative estimate of drug-likeness (QED) is 0.504.